The summed E-state index contributed by atoms with van der Waals surface area (Å²) in [6.07, 6.45) is 1.97. The summed E-state index contributed by atoms with van der Waals surface area (Å²) in [5.74, 6) is 1.58. The zero-order valence-corrected chi connectivity index (χ0v) is 20.1. The third-order valence-corrected chi connectivity index (χ3v) is 7.23. The minimum Gasteiger partial charge on any atom is -0.316 e. The van der Waals surface area contributed by atoms with Crippen LogP contribution in [0, 0.1) is 17.8 Å². The fourth-order valence-corrected chi connectivity index (χ4v) is 5.20. The first kappa shape index (κ1) is 23.8. The minimum absolute atomic E-state index is 0. The fraction of sp³-hybridized carbons (Fsp3) is 0.321. The molecule has 3 nitrogen and oxygen atoms in total. The van der Waals surface area contributed by atoms with Crippen molar-refractivity contribution in [1.29, 1.82) is 0 Å². The molecule has 0 bridgehead atoms. The lowest BCUT2D eigenvalue weighted by Gasteiger charge is -2.29. The highest BCUT2D eigenvalue weighted by molar-refractivity contribution is 6.30. The maximum absolute atomic E-state index is 13.7. The molecule has 1 heterocycles. The van der Waals surface area contributed by atoms with Gasteiger partial charge in [0.15, 0.2) is 0 Å². The molecule has 33 heavy (non-hydrogen) atoms. The molecule has 3 aromatic carbocycles. The summed E-state index contributed by atoms with van der Waals surface area (Å²) in [6.45, 7) is 2.68. The average molecular weight is 481 g/mol. The largest absolute Gasteiger partial charge is 0.316 e. The molecule has 1 saturated carbocycles. The summed E-state index contributed by atoms with van der Waals surface area (Å²) in [5.41, 5.74) is 3.58. The predicted molar refractivity (Wildman–Crippen MR) is 138 cm³/mol. The molecule has 0 aromatic heterocycles. The quantitative estimate of drug-likeness (QED) is 0.451. The van der Waals surface area contributed by atoms with Crippen LogP contribution in [-0.2, 0) is 11.2 Å². The van der Waals surface area contributed by atoms with Crippen LogP contribution in [0.5, 0.6) is 0 Å². The molecule has 4 atom stereocenters. The average Bonchev–Trinajstić information content (AvgIpc) is 3.53. The lowest BCUT2D eigenvalue weighted by Crippen LogP contribution is -2.39. The number of carbonyl (C=O) groups excluding carboxylic acids is 1. The number of hydrogen-bond acceptors (Lipinski definition) is 2. The van der Waals surface area contributed by atoms with Crippen molar-refractivity contribution in [2.75, 3.05) is 24.5 Å². The number of carbonyl (C=O) groups is 1. The van der Waals surface area contributed by atoms with Gasteiger partial charge < -0.3 is 10.2 Å². The second-order valence-corrected chi connectivity index (χ2v) is 9.59. The highest BCUT2D eigenvalue weighted by Crippen LogP contribution is 2.49. The van der Waals surface area contributed by atoms with Crippen molar-refractivity contribution in [2.24, 2.45) is 17.8 Å². The van der Waals surface area contributed by atoms with Crippen molar-refractivity contribution >= 4 is 35.6 Å². The number of nitrogens with one attached hydrogen (secondary N) is 1. The van der Waals surface area contributed by atoms with Gasteiger partial charge in [-0.25, -0.2) is 0 Å². The van der Waals surface area contributed by atoms with Crippen molar-refractivity contribution in [2.45, 2.75) is 18.8 Å². The summed E-state index contributed by atoms with van der Waals surface area (Å²) in [7, 11) is 0. The van der Waals surface area contributed by atoms with E-state index < -0.39 is 0 Å². The number of benzene rings is 3. The molecule has 1 aliphatic heterocycles. The van der Waals surface area contributed by atoms with Crippen LogP contribution >= 0.6 is 24.0 Å². The summed E-state index contributed by atoms with van der Waals surface area (Å²) >= 11 is 6.14. The van der Waals surface area contributed by atoms with Crippen LogP contribution in [0.25, 0.3) is 0 Å². The van der Waals surface area contributed by atoms with Gasteiger partial charge >= 0.3 is 0 Å². The number of halogens is 2. The highest BCUT2D eigenvalue weighted by atomic mass is 35.5. The Kier molecular flexibility index (Phi) is 7.75. The lowest BCUT2D eigenvalue weighted by atomic mass is 9.89. The maximum Gasteiger partial charge on any atom is 0.230 e. The van der Waals surface area contributed by atoms with Crippen LogP contribution in [0.1, 0.15) is 23.5 Å². The third-order valence-electron chi connectivity index (χ3n) is 6.98. The summed E-state index contributed by atoms with van der Waals surface area (Å²) in [6, 6.07) is 28.8. The van der Waals surface area contributed by atoms with Crippen molar-refractivity contribution in [3.8, 4) is 0 Å². The Morgan fingerprint density at radius 3 is 2.21 bits per heavy atom. The van der Waals surface area contributed by atoms with Crippen molar-refractivity contribution in [3.05, 3.63) is 101 Å². The summed E-state index contributed by atoms with van der Waals surface area (Å²) in [5, 5.41) is 4.26. The molecule has 0 radical (unpaired) electrons. The highest BCUT2D eigenvalue weighted by Gasteiger charge is 2.46. The van der Waals surface area contributed by atoms with E-state index in [1.165, 1.54) is 11.1 Å². The molecule has 5 rings (SSSR count). The van der Waals surface area contributed by atoms with E-state index in [1.54, 1.807) is 0 Å². The zero-order valence-electron chi connectivity index (χ0n) is 18.6. The smallest absolute Gasteiger partial charge is 0.230 e. The Bertz CT molecular complexity index is 1040. The summed E-state index contributed by atoms with van der Waals surface area (Å²) in [4.78, 5) is 15.7. The van der Waals surface area contributed by atoms with E-state index >= 15 is 0 Å². The van der Waals surface area contributed by atoms with Crippen LogP contribution in [0.2, 0.25) is 5.02 Å². The molecule has 1 aliphatic carbocycles. The first-order valence-corrected chi connectivity index (χ1v) is 11.9. The molecular weight excluding hydrogens is 451 g/mol. The Labute approximate surface area is 207 Å². The monoisotopic (exact) mass is 480 g/mol. The molecule has 3 aromatic rings. The van der Waals surface area contributed by atoms with Crippen LogP contribution in [0.4, 0.5) is 5.69 Å². The van der Waals surface area contributed by atoms with E-state index in [9.17, 15) is 4.79 Å². The van der Waals surface area contributed by atoms with E-state index in [0.717, 1.165) is 38.2 Å². The van der Waals surface area contributed by atoms with Gasteiger partial charge in [-0.1, -0.05) is 72.3 Å². The Morgan fingerprint density at radius 1 is 0.879 bits per heavy atom. The van der Waals surface area contributed by atoms with E-state index in [1.807, 2.05) is 35.2 Å². The van der Waals surface area contributed by atoms with Gasteiger partial charge in [-0.3, -0.25) is 4.79 Å². The van der Waals surface area contributed by atoms with Gasteiger partial charge in [-0.05, 0) is 79.1 Å². The standard InChI is InChI=1S/C28H29ClN2O.ClH/c29-24-11-13-25(14-12-24)31(28(32)27-16-26(27)21-9-5-2-6-10-21)19-23-18-30-17-22(23)15-20-7-3-1-4-8-20;/h1-14,22-23,26-27,30H,15-19H2;1H/t22-,23+,26-,27?;/m0./s1. The van der Waals surface area contributed by atoms with Crippen LogP contribution in [0.3, 0.4) is 0 Å². The van der Waals surface area contributed by atoms with E-state index in [2.05, 4.69) is 59.9 Å². The molecule has 0 spiro atoms. The van der Waals surface area contributed by atoms with E-state index in [0.29, 0.717) is 22.8 Å². The molecule has 2 aliphatic rings. The SMILES string of the molecule is Cl.O=C(C1C[C@H]1c1ccccc1)N(C[C@H]1CNC[C@@H]1Cc1ccccc1)c1ccc(Cl)cc1. The first-order chi connectivity index (χ1) is 15.7. The van der Waals surface area contributed by atoms with E-state index in [-0.39, 0.29) is 24.2 Å². The molecule has 1 saturated heterocycles. The number of hydrogen-bond donors (Lipinski definition) is 1. The van der Waals surface area contributed by atoms with Gasteiger partial charge in [0.05, 0.1) is 0 Å². The van der Waals surface area contributed by atoms with E-state index in [4.69, 9.17) is 11.6 Å². The molecule has 2 fully saturated rings. The number of anilines is 1. The third kappa shape index (κ3) is 5.60. The molecule has 1 unspecified atom stereocenters. The Balaban J connectivity index is 0.00000259. The molecule has 1 amide bonds. The van der Waals surface area contributed by atoms with Gasteiger partial charge in [0.2, 0.25) is 5.91 Å². The Morgan fingerprint density at radius 2 is 1.52 bits per heavy atom. The number of nitrogens with zero attached hydrogens (tertiary/aromatic N) is 1. The molecule has 172 valence electrons. The number of rotatable bonds is 7. The summed E-state index contributed by atoms with van der Waals surface area (Å²) < 4.78 is 0. The normalized spacial score (nSPS) is 23.5. The van der Waals surface area contributed by atoms with Gasteiger partial charge in [0, 0.05) is 23.2 Å². The molecule has 1 N–H and O–H groups in total. The van der Waals surface area contributed by atoms with Crippen LogP contribution < -0.4 is 10.2 Å². The van der Waals surface area contributed by atoms with Crippen molar-refractivity contribution in [3.63, 3.8) is 0 Å². The van der Waals surface area contributed by atoms with Crippen LogP contribution in [-0.4, -0.2) is 25.5 Å². The molecular formula is C28H30Cl2N2O. The maximum atomic E-state index is 13.7. The minimum atomic E-state index is 0. The lowest BCUT2D eigenvalue weighted by molar-refractivity contribution is -0.120. The second-order valence-electron chi connectivity index (χ2n) is 9.15. The van der Waals surface area contributed by atoms with Gasteiger partial charge in [-0.15, -0.1) is 12.4 Å². The zero-order chi connectivity index (χ0) is 21.9. The molecule has 5 heteroatoms. The topological polar surface area (TPSA) is 32.3 Å². The van der Waals surface area contributed by atoms with Crippen LogP contribution in [0.15, 0.2) is 84.9 Å². The number of amides is 1. The van der Waals surface area contributed by atoms with Gasteiger partial charge in [0.25, 0.3) is 0 Å². The van der Waals surface area contributed by atoms with Gasteiger partial charge in [-0.2, -0.15) is 0 Å². The van der Waals surface area contributed by atoms with Crippen molar-refractivity contribution < 1.29 is 4.79 Å². The second kappa shape index (κ2) is 10.7. The first-order valence-electron chi connectivity index (χ1n) is 11.6. The predicted octanol–water partition coefficient (Wildman–Crippen LogP) is 5.98. The van der Waals surface area contributed by atoms with Gasteiger partial charge in [0.1, 0.15) is 0 Å². The fourth-order valence-electron chi connectivity index (χ4n) is 5.07. The van der Waals surface area contributed by atoms with Crippen molar-refractivity contribution in [1.82, 2.24) is 5.32 Å². The Hall–Kier alpha value is -2.33.